The molecule has 2 aromatic heterocycles. The second-order valence-corrected chi connectivity index (χ2v) is 9.20. The zero-order valence-electron chi connectivity index (χ0n) is 14.2. The van der Waals surface area contributed by atoms with E-state index in [-0.39, 0.29) is 0 Å². The standard InChI is InChI=1S/C19H17N3O2S2/c1-26(23,24)17-8-3-2-7-16(17)25-19-14-5-4-6-15(14)21-18(22-19)13-9-11-20-12-10-13/h2-3,7-12H,4-6H2,1H3. The maximum Gasteiger partial charge on any atom is 0.176 e. The normalized spacial score (nSPS) is 13.6. The predicted octanol–water partition coefficient (Wildman–Crippen LogP) is 3.58. The Balaban J connectivity index is 1.82. The number of nitrogens with zero attached hydrogens (tertiary/aromatic N) is 3. The summed E-state index contributed by atoms with van der Waals surface area (Å²) in [5.74, 6) is 0.660. The van der Waals surface area contributed by atoms with Crippen molar-refractivity contribution in [1.82, 2.24) is 15.0 Å². The first-order chi connectivity index (χ1) is 12.5. The van der Waals surface area contributed by atoms with E-state index in [0.717, 1.165) is 41.1 Å². The number of rotatable bonds is 4. The average Bonchev–Trinajstić information content (AvgIpc) is 3.11. The summed E-state index contributed by atoms with van der Waals surface area (Å²) >= 11 is 1.41. The van der Waals surface area contributed by atoms with Crippen molar-refractivity contribution in [2.75, 3.05) is 6.26 Å². The molecule has 1 aliphatic carbocycles. The molecular formula is C19H17N3O2S2. The molecule has 0 radical (unpaired) electrons. The van der Waals surface area contributed by atoms with Crippen molar-refractivity contribution in [3.8, 4) is 11.4 Å². The molecule has 26 heavy (non-hydrogen) atoms. The molecule has 3 aromatic rings. The number of fused-ring (bicyclic) bond motifs is 1. The molecule has 0 bridgehead atoms. The Morgan fingerprint density at radius 1 is 1.00 bits per heavy atom. The van der Waals surface area contributed by atoms with Gasteiger partial charge in [-0.3, -0.25) is 4.98 Å². The van der Waals surface area contributed by atoms with Gasteiger partial charge in [0.05, 0.1) is 4.90 Å². The lowest BCUT2D eigenvalue weighted by Gasteiger charge is -2.12. The molecule has 4 rings (SSSR count). The van der Waals surface area contributed by atoms with Crippen LogP contribution >= 0.6 is 11.8 Å². The van der Waals surface area contributed by atoms with Crippen molar-refractivity contribution < 1.29 is 8.42 Å². The highest BCUT2D eigenvalue weighted by Gasteiger charge is 2.22. The summed E-state index contributed by atoms with van der Waals surface area (Å²) in [5, 5.41) is 0.843. The van der Waals surface area contributed by atoms with Crippen molar-refractivity contribution in [3.05, 3.63) is 60.0 Å². The van der Waals surface area contributed by atoms with E-state index in [1.54, 1.807) is 24.5 Å². The van der Waals surface area contributed by atoms with Crippen LogP contribution in [0.15, 0.2) is 63.6 Å². The Labute approximate surface area is 156 Å². The van der Waals surface area contributed by atoms with Gasteiger partial charge >= 0.3 is 0 Å². The first-order valence-corrected chi connectivity index (χ1v) is 11.0. The first-order valence-electron chi connectivity index (χ1n) is 8.29. The summed E-state index contributed by atoms with van der Waals surface area (Å²) < 4.78 is 24.2. The highest BCUT2D eigenvalue weighted by molar-refractivity contribution is 8.00. The molecule has 7 heteroatoms. The van der Waals surface area contributed by atoms with Crippen LogP contribution in [-0.2, 0) is 22.7 Å². The van der Waals surface area contributed by atoms with Gasteiger partial charge in [0, 0.05) is 40.4 Å². The monoisotopic (exact) mass is 383 g/mol. The Morgan fingerprint density at radius 2 is 1.77 bits per heavy atom. The van der Waals surface area contributed by atoms with Gasteiger partial charge in [0.25, 0.3) is 0 Å². The zero-order chi connectivity index (χ0) is 18.1. The summed E-state index contributed by atoms with van der Waals surface area (Å²) in [6.07, 6.45) is 7.58. The van der Waals surface area contributed by atoms with E-state index in [4.69, 9.17) is 9.97 Å². The highest BCUT2D eigenvalue weighted by atomic mass is 32.2. The number of sulfone groups is 1. The third-order valence-corrected chi connectivity index (χ3v) is 6.68. The van der Waals surface area contributed by atoms with Gasteiger partial charge < -0.3 is 0 Å². The Morgan fingerprint density at radius 3 is 2.54 bits per heavy atom. The van der Waals surface area contributed by atoms with Crippen LogP contribution in [0.4, 0.5) is 0 Å². The molecule has 0 spiro atoms. The van der Waals surface area contributed by atoms with Crippen LogP contribution < -0.4 is 0 Å². The van der Waals surface area contributed by atoms with Crippen LogP contribution in [-0.4, -0.2) is 29.6 Å². The Kier molecular flexibility index (Phi) is 4.50. The fourth-order valence-electron chi connectivity index (χ4n) is 3.06. The average molecular weight is 383 g/mol. The molecule has 0 saturated heterocycles. The van der Waals surface area contributed by atoms with Gasteiger partial charge in [-0.05, 0) is 43.5 Å². The van der Waals surface area contributed by atoms with E-state index in [9.17, 15) is 8.42 Å². The lowest BCUT2D eigenvalue weighted by molar-refractivity contribution is 0.600. The van der Waals surface area contributed by atoms with Crippen molar-refractivity contribution in [3.63, 3.8) is 0 Å². The third-order valence-electron chi connectivity index (χ3n) is 4.29. The largest absolute Gasteiger partial charge is 0.265 e. The van der Waals surface area contributed by atoms with E-state index < -0.39 is 9.84 Å². The van der Waals surface area contributed by atoms with Gasteiger partial charge in [0.1, 0.15) is 5.03 Å². The minimum atomic E-state index is -3.30. The minimum absolute atomic E-state index is 0.334. The van der Waals surface area contributed by atoms with E-state index in [0.29, 0.717) is 15.6 Å². The zero-order valence-corrected chi connectivity index (χ0v) is 15.8. The minimum Gasteiger partial charge on any atom is -0.265 e. The maximum atomic E-state index is 12.1. The van der Waals surface area contributed by atoms with Crippen molar-refractivity contribution in [2.24, 2.45) is 0 Å². The van der Waals surface area contributed by atoms with Crippen LogP contribution in [0.3, 0.4) is 0 Å². The van der Waals surface area contributed by atoms with Crippen LogP contribution in [0, 0.1) is 0 Å². The fourth-order valence-corrected chi connectivity index (χ4v) is 5.39. The van der Waals surface area contributed by atoms with E-state index in [1.807, 2.05) is 24.3 Å². The second kappa shape index (κ2) is 6.81. The summed E-state index contributed by atoms with van der Waals surface area (Å²) in [4.78, 5) is 14.6. The lowest BCUT2D eigenvalue weighted by Crippen LogP contribution is -2.02. The molecule has 0 fully saturated rings. The molecule has 5 nitrogen and oxygen atoms in total. The van der Waals surface area contributed by atoms with Gasteiger partial charge in [-0.2, -0.15) is 0 Å². The van der Waals surface area contributed by atoms with Crippen molar-refractivity contribution in [1.29, 1.82) is 0 Å². The summed E-state index contributed by atoms with van der Waals surface area (Å²) in [6.45, 7) is 0. The third kappa shape index (κ3) is 3.37. The highest BCUT2D eigenvalue weighted by Crippen LogP contribution is 2.38. The molecule has 132 valence electrons. The van der Waals surface area contributed by atoms with Crippen LogP contribution in [0.25, 0.3) is 11.4 Å². The first kappa shape index (κ1) is 17.2. The quantitative estimate of drug-likeness (QED) is 0.641. The fraction of sp³-hybridized carbons (Fsp3) is 0.211. The number of pyridine rings is 1. The van der Waals surface area contributed by atoms with Gasteiger partial charge in [0.15, 0.2) is 15.7 Å². The molecule has 2 heterocycles. The molecule has 1 aromatic carbocycles. The molecule has 0 saturated carbocycles. The van der Waals surface area contributed by atoms with Crippen molar-refractivity contribution in [2.45, 2.75) is 34.1 Å². The topological polar surface area (TPSA) is 72.8 Å². The van der Waals surface area contributed by atoms with Gasteiger partial charge in [-0.1, -0.05) is 23.9 Å². The SMILES string of the molecule is CS(=O)(=O)c1ccccc1Sc1nc(-c2ccncc2)nc2c1CCC2. The van der Waals surface area contributed by atoms with E-state index in [1.165, 1.54) is 18.0 Å². The molecule has 0 aliphatic heterocycles. The molecule has 0 unspecified atom stereocenters. The van der Waals surface area contributed by atoms with Crippen LogP contribution in [0.2, 0.25) is 0 Å². The predicted molar refractivity (Wildman–Crippen MR) is 101 cm³/mol. The molecule has 1 aliphatic rings. The van der Waals surface area contributed by atoms with Crippen molar-refractivity contribution >= 4 is 21.6 Å². The van der Waals surface area contributed by atoms with E-state index >= 15 is 0 Å². The van der Waals surface area contributed by atoms with Gasteiger partial charge in [-0.25, -0.2) is 18.4 Å². The number of aromatic nitrogens is 3. The van der Waals surface area contributed by atoms with Crippen LogP contribution in [0.1, 0.15) is 17.7 Å². The second-order valence-electron chi connectivity index (χ2n) is 6.19. The molecular weight excluding hydrogens is 366 g/mol. The number of benzene rings is 1. The lowest BCUT2D eigenvalue weighted by atomic mass is 10.2. The van der Waals surface area contributed by atoms with Crippen LogP contribution in [0.5, 0.6) is 0 Å². The maximum absolute atomic E-state index is 12.1. The molecule has 0 amide bonds. The Bertz CT molecular complexity index is 1070. The van der Waals surface area contributed by atoms with E-state index in [2.05, 4.69) is 4.98 Å². The molecule has 0 N–H and O–H groups in total. The van der Waals surface area contributed by atoms with Gasteiger partial charge in [-0.15, -0.1) is 0 Å². The van der Waals surface area contributed by atoms with Gasteiger partial charge in [0.2, 0.25) is 0 Å². The summed E-state index contributed by atoms with van der Waals surface area (Å²) in [6, 6.07) is 10.8. The number of hydrogen-bond acceptors (Lipinski definition) is 6. The number of aryl methyl sites for hydroxylation is 1. The number of hydrogen-bond donors (Lipinski definition) is 0. The smallest absolute Gasteiger partial charge is 0.176 e. The summed E-state index contributed by atoms with van der Waals surface area (Å²) in [7, 11) is -3.30. The summed E-state index contributed by atoms with van der Waals surface area (Å²) in [5.41, 5.74) is 3.11. The Hall–Kier alpha value is -2.25. The molecule has 0 atom stereocenters.